The van der Waals surface area contributed by atoms with Crippen molar-refractivity contribution in [1.29, 1.82) is 0 Å². The molecule has 0 saturated heterocycles. The van der Waals surface area contributed by atoms with Gasteiger partial charge < -0.3 is 5.32 Å². The van der Waals surface area contributed by atoms with Gasteiger partial charge in [0.15, 0.2) is 0 Å². The van der Waals surface area contributed by atoms with Crippen molar-refractivity contribution in [3.05, 3.63) is 80.7 Å². The number of rotatable bonds is 4. The maximum Gasteiger partial charge on any atom is 0.263 e. The molecule has 2 aromatic carbocycles. The van der Waals surface area contributed by atoms with E-state index in [0.717, 1.165) is 32.7 Å². The van der Waals surface area contributed by atoms with Crippen LogP contribution < -0.4 is 10.9 Å². The van der Waals surface area contributed by atoms with Crippen LogP contribution in [0.2, 0.25) is 0 Å². The van der Waals surface area contributed by atoms with Gasteiger partial charge in [0, 0.05) is 16.1 Å². The number of amides is 1. The van der Waals surface area contributed by atoms with Crippen LogP contribution in [0.4, 0.5) is 5.69 Å². The predicted molar refractivity (Wildman–Crippen MR) is 123 cm³/mol. The van der Waals surface area contributed by atoms with E-state index in [4.69, 9.17) is 0 Å². The van der Waals surface area contributed by atoms with Crippen LogP contribution in [0.5, 0.6) is 0 Å². The Labute approximate surface area is 179 Å². The van der Waals surface area contributed by atoms with Crippen LogP contribution in [-0.4, -0.2) is 15.5 Å². The molecule has 0 atom stereocenters. The van der Waals surface area contributed by atoms with E-state index in [9.17, 15) is 9.59 Å². The summed E-state index contributed by atoms with van der Waals surface area (Å²) in [5, 5.41) is 3.42. The summed E-state index contributed by atoms with van der Waals surface area (Å²) in [5.41, 5.74) is 5.83. The van der Waals surface area contributed by atoms with Gasteiger partial charge in [0.05, 0.1) is 11.7 Å². The molecule has 2 aromatic heterocycles. The van der Waals surface area contributed by atoms with Crippen LogP contribution in [0.15, 0.2) is 53.6 Å². The SMILES string of the molecule is Cc1ccc(NC(=O)Cn2cnc3sc(C)c(-c4cc(C)ccc4C)c3c2=O)cc1. The Kier molecular flexibility index (Phi) is 5.26. The lowest BCUT2D eigenvalue weighted by atomic mass is 9.97. The Morgan fingerprint density at radius 2 is 1.73 bits per heavy atom. The first-order chi connectivity index (χ1) is 14.3. The second-order valence-corrected chi connectivity index (χ2v) is 8.83. The molecule has 4 rings (SSSR count). The standard InChI is InChI=1S/C24H23N3O2S/c1-14-6-9-18(10-7-14)26-20(28)12-27-13-25-23-22(24(27)29)21(17(4)30-23)19-11-15(2)5-8-16(19)3/h5-11,13H,12H2,1-4H3,(H,26,28). The zero-order valence-corrected chi connectivity index (χ0v) is 18.3. The highest BCUT2D eigenvalue weighted by Crippen LogP contribution is 2.37. The summed E-state index contributed by atoms with van der Waals surface area (Å²) in [6.45, 7) is 8.00. The van der Waals surface area contributed by atoms with Gasteiger partial charge in [0.25, 0.3) is 5.56 Å². The van der Waals surface area contributed by atoms with E-state index >= 15 is 0 Å². The normalized spacial score (nSPS) is 11.1. The monoisotopic (exact) mass is 417 g/mol. The van der Waals surface area contributed by atoms with Crippen molar-refractivity contribution in [3.63, 3.8) is 0 Å². The quantitative estimate of drug-likeness (QED) is 0.508. The number of thiophene rings is 1. The second-order valence-electron chi connectivity index (χ2n) is 7.62. The maximum atomic E-state index is 13.3. The number of nitrogens with one attached hydrogen (secondary N) is 1. The molecule has 0 fully saturated rings. The lowest BCUT2D eigenvalue weighted by Crippen LogP contribution is -2.27. The number of carbonyl (C=O) groups is 1. The van der Waals surface area contributed by atoms with Crippen molar-refractivity contribution in [2.24, 2.45) is 0 Å². The number of fused-ring (bicyclic) bond motifs is 1. The van der Waals surface area contributed by atoms with E-state index in [2.05, 4.69) is 28.5 Å². The fourth-order valence-corrected chi connectivity index (χ4v) is 4.57. The summed E-state index contributed by atoms with van der Waals surface area (Å²) in [7, 11) is 0. The van der Waals surface area contributed by atoms with E-state index < -0.39 is 0 Å². The largest absolute Gasteiger partial charge is 0.325 e. The molecule has 4 aromatic rings. The summed E-state index contributed by atoms with van der Waals surface area (Å²) in [4.78, 5) is 32.1. The third-order valence-electron chi connectivity index (χ3n) is 5.17. The Balaban J connectivity index is 1.73. The van der Waals surface area contributed by atoms with Gasteiger partial charge in [0.1, 0.15) is 11.4 Å². The van der Waals surface area contributed by atoms with Crippen LogP contribution in [0.3, 0.4) is 0 Å². The smallest absolute Gasteiger partial charge is 0.263 e. The average molecular weight is 418 g/mol. The fourth-order valence-electron chi connectivity index (χ4n) is 3.57. The van der Waals surface area contributed by atoms with Gasteiger partial charge in [-0.1, -0.05) is 41.5 Å². The van der Waals surface area contributed by atoms with Crippen molar-refractivity contribution in [1.82, 2.24) is 9.55 Å². The Bertz CT molecular complexity index is 1320. The van der Waals surface area contributed by atoms with E-state index in [1.807, 2.05) is 52.0 Å². The summed E-state index contributed by atoms with van der Waals surface area (Å²) >= 11 is 1.51. The first-order valence-electron chi connectivity index (χ1n) is 9.76. The van der Waals surface area contributed by atoms with Gasteiger partial charge >= 0.3 is 0 Å². The molecule has 0 radical (unpaired) electrons. The average Bonchev–Trinajstić information content (AvgIpc) is 3.04. The minimum absolute atomic E-state index is 0.0865. The second kappa shape index (κ2) is 7.88. The van der Waals surface area contributed by atoms with E-state index in [-0.39, 0.29) is 18.0 Å². The fraction of sp³-hybridized carbons (Fsp3) is 0.208. The molecule has 1 amide bonds. The molecule has 6 heteroatoms. The number of anilines is 1. The van der Waals surface area contributed by atoms with Crippen molar-refractivity contribution < 1.29 is 4.79 Å². The molecule has 0 aliphatic rings. The lowest BCUT2D eigenvalue weighted by molar-refractivity contribution is -0.116. The number of aromatic nitrogens is 2. The minimum atomic E-state index is -0.262. The highest BCUT2D eigenvalue weighted by Gasteiger charge is 2.19. The van der Waals surface area contributed by atoms with Crippen molar-refractivity contribution in [2.75, 3.05) is 5.32 Å². The lowest BCUT2D eigenvalue weighted by Gasteiger charge is -2.10. The van der Waals surface area contributed by atoms with Crippen molar-refractivity contribution in [2.45, 2.75) is 34.2 Å². The van der Waals surface area contributed by atoms with Crippen LogP contribution >= 0.6 is 11.3 Å². The Morgan fingerprint density at radius 1 is 1.03 bits per heavy atom. The molecule has 30 heavy (non-hydrogen) atoms. The molecule has 0 saturated carbocycles. The number of benzene rings is 2. The van der Waals surface area contributed by atoms with Gasteiger partial charge in [-0.15, -0.1) is 11.3 Å². The molecule has 1 N–H and O–H groups in total. The molecule has 0 spiro atoms. The number of hydrogen-bond acceptors (Lipinski definition) is 4. The van der Waals surface area contributed by atoms with Gasteiger partial charge in [-0.2, -0.15) is 0 Å². The minimum Gasteiger partial charge on any atom is -0.325 e. The molecule has 2 heterocycles. The molecule has 5 nitrogen and oxygen atoms in total. The van der Waals surface area contributed by atoms with Crippen LogP contribution in [0.25, 0.3) is 21.3 Å². The third kappa shape index (κ3) is 3.78. The molecule has 0 aliphatic carbocycles. The van der Waals surface area contributed by atoms with E-state index in [1.54, 1.807) is 0 Å². The molecule has 0 aliphatic heterocycles. The number of carbonyl (C=O) groups excluding carboxylic acids is 1. The van der Waals surface area contributed by atoms with Gasteiger partial charge in [-0.05, 0) is 51.0 Å². The number of nitrogens with zero attached hydrogens (tertiary/aromatic N) is 2. The summed E-state index contributed by atoms with van der Waals surface area (Å²) in [5.74, 6) is -0.262. The molecule has 0 bridgehead atoms. The van der Waals surface area contributed by atoms with E-state index in [1.165, 1.54) is 22.2 Å². The number of aryl methyl sites for hydroxylation is 4. The third-order valence-corrected chi connectivity index (χ3v) is 6.18. The first kappa shape index (κ1) is 20.0. The maximum absolute atomic E-state index is 13.3. The zero-order chi connectivity index (χ0) is 21.4. The van der Waals surface area contributed by atoms with Crippen molar-refractivity contribution in [3.8, 4) is 11.1 Å². The van der Waals surface area contributed by atoms with Crippen LogP contribution in [-0.2, 0) is 11.3 Å². The first-order valence-corrected chi connectivity index (χ1v) is 10.6. The van der Waals surface area contributed by atoms with Crippen molar-refractivity contribution >= 4 is 33.1 Å². The Morgan fingerprint density at radius 3 is 2.47 bits per heavy atom. The number of hydrogen-bond donors (Lipinski definition) is 1. The summed E-state index contributed by atoms with van der Waals surface area (Å²) in [6.07, 6.45) is 1.46. The highest BCUT2D eigenvalue weighted by molar-refractivity contribution is 7.19. The summed E-state index contributed by atoms with van der Waals surface area (Å²) < 4.78 is 1.38. The molecular weight excluding hydrogens is 394 g/mol. The molecule has 0 unspecified atom stereocenters. The summed E-state index contributed by atoms with van der Waals surface area (Å²) in [6, 6.07) is 13.8. The van der Waals surface area contributed by atoms with E-state index in [0.29, 0.717) is 15.9 Å². The van der Waals surface area contributed by atoms with Crippen LogP contribution in [0.1, 0.15) is 21.6 Å². The molecular formula is C24H23N3O2S. The van der Waals surface area contributed by atoms with Gasteiger partial charge in [0.2, 0.25) is 5.91 Å². The van der Waals surface area contributed by atoms with Crippen LogP contribution in [0, 0.1) is 27.7 Å². The molecule has 152 valence electrons. The predicted octanol–water partition coefficient (Wildman–Crippen LogP) is 5.00. The Hall–Kier alpha value is -3.25. The zero-order valence-electron chi connectivity index (χ0n) is 17.4. The van der Waals surface area contributed by atoms with Gasteiger partial charge in [-0.25, -0.2) is 4.98 Å². The van der Waals surface area contributed by atoms with Gasteiger partial charge in [-0.3, -0.25) is 14.2 Å². The highest BCUT2D eigenvalue weighted by atomic mass is 32.1. The topological polar surface area (TPSA) is 64.0 Å².